The van der Waals surface area contributed by atoms with Gasteiger partial charge in [-0.3, -0.25) is 0 Å². The molecule has 0 radical (unpaired) electrons. The third kappa shape index (κ3) is 1.56. The molecule has 0 aliphatic rings. The first kappa shape index (κ1) is 9.60. The zero-order valence-corrected chi connectivity index (χ0v) is 8.98. The Labute approximate surface area is 97.5 Å². The zero-order chi connectivity index (χ0) is 11.7. The van der Waals surface area contributed by atoms with Crippen molar-refractivity contribution in [3.05, 3.63) is 54.1 Å². The van der Waals surface area contributed by atoms with Gasteiger partial charge in [0.1, 0.15) is 6.07 Å². The second kappa shape index (κ2) is 3.76. The predicted molar refractivity (Wildman–Crippen MR) is 61.2 cm³/mol. The van der Waals surface area contributed by atoms with E-state index in [9.17, 15) is 5.26 Å². The molecule has 0 spiro atoms. The average Bonchev–Trinajstić information content (AvgIpc) is 2.96. The van der Waals surface area contributed by atoms with Gasteiger partial charge in [-0.05, 0) is 12.1 Å². The highest BCUT2D eigenvalue weighted by molar-refractivity contribution is 5.65. The summed E-state index contributed by atoms with van der Waals surface area (Å²) < 4.78 is 3.65. The maximum absolute atomic E-state index is 9.23. The second-order valence-corrected chi connectivity index (χ2v) is 3.73. The Morgan fingerprint density at radius 3 is 3.00 bits per heavy atom. The lowest BCUT2D eigenvalue weighted by molar-refractivity contribution is 0.649. The fourth-order valence-electron chi connectivity index (χ4n) is 1.92. The molecule has 0 fully saturated rings. The molecule has 0 N–H and O–H groups in total. The SMILES string of the molecule is N#Cc1c(Cn2ccnn2)cn2ccccc12. The smallest absolute Gasteiger partial charge is 0.102 e. The van der Waals surface area contributed by atoms with Crippen LogP contribution in [0.1, 0.15) is 11.1 Å². The number of pyridine rings is 1. The van der Waals surface area contributed by atoms with Crippen molar-refractivity contribution in [2.75, 3.05) is 0 Å². The van der Waals surface area contributed by atoms with Gasteiger partial charge in [0, 0.05) is 24.2 Å². The number of rotatable bonds is 2. The summed E-state index contributed by atoms with van der Waals surface area (Å²) in [6.45, 7) is 0.560. The molecule has 0 unspecified atom stereocenters. The normalized spacial score (nSPS) is 10.5. The van der Waals surface area contributed by atoms with E-state index in [2.05, 4.69) is 16.4 Å². The molecule has 0 saturated heterocycles. The van der Waals surface area contributed by atoms with E-state index in [-0.39, 0.29) is 0 Å². The summed E-state index contributed by atoms with van der Waals surface area (Å²) in [7, 11) is 0. The number of aromatic nitrogens is 4. The second-order valence-electron chi connectivity index (χ2n) is 3.73. The molecule has 0 aromatic carbocycles. The van der Waals surface area contributed by atoms with Crippen LogP contribution in [0.25, 0.3) is 5.52 Å². The van der Waals surface area contributed by atoms with E-state index in [1.165, 1.54) is 0 Å². The van der Waals surface area contributed by atoms with Gasteiger partial charge < -0.3 is 4.40 Å². The van der Waals surface area contributed by atoms with Gasteiger partial charge in [0.25, 0.3) is 0 Å². The minimum Gasteiger partial charge on any atom is -0.322 e. The predicted octanol–water partition coefficient (Wildman–Crippen LogP) is 1.45. The molecule has 0 aliphatic carbocycles. The van der Waals surface area contributed by atoms with Crippen LogP contribution in [0.2, 0.25) is 0 Å². The van der Waals surface area contributed by atoms with Gasteiger partial charge in [-0.15, -0.1) is 5.10 Å². The number of nitriles is 1. The van der Waals surface area contributed by atoms with Crippen LogP contribution in [0.4, 0.5) is 0 Å². The lowest BCUT2D eigenvalue weighted by Gasteiger charge is -1.97. The molecule has 0 bridgehead atoms. The first-order valence-electron chi connectivity index (χ1n) is 5.21. The summed E-state index contributed by atoms with van der Waals surface area (Å²) in [4.78, 5) is 0. The Hall–Kier alpha value is -2.61. The van der Waals surface area contributed by atoms with E-state index >= 15 is 0 Å². The van der Waals surface area contributed by atoms with E-state index in [0.29, 0.717) is 12.1 Å². The molecule has 0 amide bonds. The molecule has 0 saturated carbocycles. The van der Waals surface area contributed by atoms with Crippen molar-refractivity contribution in [1.29, 1.82) is 5.26 Å². The van der Waals surface area contributed by atoms with Crippen LogP contribution >= 0.6 is 0 Å². The van der Waals surface area contributed by atoms with E-state index < -0.39 is 0 Å². The third-order valence-electron chi connectivity index (χ3n) is 2.68. The highest BCUT2D eigenvalue weighted by atomic mass is 15.4. The van der Waals surface area contributed by atoms with E-state index in [1.807, 2.05) is 35.0 Å². The van der Waals surface area contributed by atoms with Gasteiger partial charge in [-0.25, -0.2) is 4.68 Å². The van der Waals surface area contributed by atoms with Gasteiger partial charge in [0.2, 0.25) is 0 Å². The maximum atomic E-state index is 9.23. The minimum atomic E-state index is 0.560. The number of nitrogens with zero attached hydrogens (tertiary/aromatic N) is 5. The third-order valence-corrected chi connectivity index (χ3v) is 2.68. The van der Waals surface area contributed by atoms with Crippen LogP contribution in [0, 0.1) is 11.3 Å². The summed E-state index contributed by atoms with van der Waals surface area (Å²) in [5, 5.41) is 16.9. The summed E-state index contributed by atoms with van der Waals surface area (Å²) >= 11 is 0. The highest BCUT2D eigenvalue weighted by Crippen LogP contribution is 2.18. The Bertz CT molecular complexity index is 687. The first-order valence-corrected chi connectivity index (χ1v) is 5.21. The summed E-state index contributed by atoms with van der Waals surface area (Å²) in [5.74, 6) is 0. The van der Waals surface area contributed by atoms with Crippen molar-refractivity contribution < 1.29 is 0 Å². The van der Waals surface area contributed by atoms with Crippen molar-refractivity contribution in [1.82, 2.24) is 19.4 Å². The standard InChI is InChI=1S/C12H9N5/c13-7-11-10(9-17-6-4-14-15-17)8-16-5-2-1-3-12(11)16/h1-6,8H,9H2. The van der Waals surface area contributed by atoms with Crippen LogP contribution in [0.15, 0.2) is 43.0 Å². The Balaban J connectivity index is 2.13. The molecule has 17 heavy (non-hydrogen) atoms. The number of hydrogen-bond donors (Lipinski definition) is 0. The van der Waals surface area contributed by atoms with E-state index in [0.717, 1.165) is 11.1 Å². The minimum absolute atomic E-state index is 0.560. The zero-order valence-electron chi connectivity index (χ0n) is 8.98. The fourth-order valence-corrected chi connectivity index (χ4v) is 1.92. The topological polar surface area (TPSA) is 58.9 Å². The molecular weight excluding hydrogens is 214 g/mol. The van der Waals surface area contributed by atoms with Crippen LogP contribution in [-0.4, -0.2) is 19.4 Å². The fraction of sp³-hybridized carbons (Fsp3) is 0.0833. The lowest BCUT2D eigenvalue weighted by atomic mass is 10.2. The van der Waals surface area contributed by atoms with Gasteiger partial charge in [-0.2, -0.15) is 5.26 Å². The summed E-state index contributed by atoms with van der Waals surface area (Å²) in [6, 6.07) is 8.05. The summed E-state index contributed by atoms with van der Waals surface area (Å²) in [6.07, 6.45) is 7.29. The average molecular weight is 223 g/mol. The maximum Gasteiger partial charge on any atom is 0.102 e. The van der Waals surface area contributed by atoms with Gasteiger partial charge in [0.15, 0.2) is 0 Å². The molecule has 0 atom stereocenters. The molecule has 3 rings (SSSR count). The molecule has 3 aromatic heterocycles. The first-order chi connectivity index (χ1) is 8.38. The van der Waals surface area contributed by atoms with Gasteiger partial charge in [0.05, 0.1) is 23.8 Å². The Kier molecular flexibility index (Phi) is 2.12. The van der Waals surface area contributed by atoms with Crippen molar-refractivity contribution >= 4 is 5.52 Å². The largest absolute Gasteiger partial charge is 0.322 e. The quantitative estimate of drug-likeness (QED) is 0.660. The molecule has 0 aliphatic heterocycles. The Morgan fingerprint density at radius 1 is 1.29 bits per heavy atom. The van der Waals surface area contributed by atoms with Crippen molar-refractivity contribution in [3.8, 4) is 6.07 Å². The highest BCUT2D eigenvalue weighted by Gasteiger charge is 2.10. The van der Waals surface area contributed by atoms with Crippen molar-refractivity contribution in [2.45, 2.75) is 6.54 Å². The van der Waals surface area contributed by atoms with Crippen molar-refractivity contribution in [3.63, 3.8) is 0 Å². The molecular formula is C12H9N5. The van der Waals surface area contributed by atoms with Crippen LogP contribution in [0.3, 0.4) is 0 Å². The van der Waals surface area contributed by atoms with E-state index in [1.54, 1.807) is 17.1 Å². The van der Waals surface area contributed by atoms with E-state index in [4.69, 9.17) is 0 Å². The molecule has 3 aromatic rings. The molecule has 5 nitrogen and oxygen atoms in total. The number of hydrogen-bond acceptors (Lipinski definition) is 3. The van der Waals surface area contributed by atoms with Gasteiger partial charge in [-0.1, -0.05) is 11.3 Å². The van der Waals surface area contributed by atoms with Crippen LogP contribution in [-0.2, 0) is 6.54 Å². The number of fused-ring (bicyclic) bond motifs is 1. The lowest BCUT2D eigenvalue weighted by Crippen LogP contribution is -2.00. The molecule has 3 heterocycles. The molecule has 5 heteroatoms. The van der Waals surface area contributed by atoms with Crippen LogP contribution < -0.4 is 0 Å². The van der Waals surface area contributed by atoms with Crippen LogP contribution in [0.5, 0.6) is 0 Å². The molecule has 82 valence electrons. The van der Waals surface area contributed by atoms with Crippen molar-refractivity contribution in [2.24, 2.45) is 0 Å². The summed E-state index contributed by atoms with van der Waals surface area (Å²) in [5.41, 5.74) is 2.57. The monoisotopic (exact) mass is 223 g/mol. The Morgan fingerprint density at radius 2 is 2.24 bits per heavy atom. The van der Waals surface area contributed by atoms with Gasteiger partial charge >= 0.3 is 0 Å².